The minimum absolute atomic E-state index is 0.0719. The van der Waals surface area contributed by atoms with E-state index in [4.69, 9.17) is 4.74 Å². The summed E-state index contributed by atoms with van der Waals surface area (Å²) >= 11 is 1.51. The van der Waals surface area contributed by atoms with Gasteiger partial charge in [0.25, 0.3) is 10.0 Å². The predicted octanol–water partition coefficient (Wildman–Crippen LogP) is 6.26. The number of nitrogens with zero attached hydrogens (tertiary/aromatic N) is 2. The molecule has 5 nitrogen and oxygen atoms in total. The van der Waals surface area contributed by atoms with Crippen molar-refractivity contribution in [2.24, 2.45) is 0 Å². The van der Waals surface area contributed by atoms with Crippen LogP contribution >= 0.6 is 11.3 Å². The Morgan fingerprint density at radius 1 is 1.00 bits per heavy atom. The van der Waals surface area contributed by atoms with Crippen molar-refractivity contribution in [2.75, 3.05) is 7.11 Å². The molecule has 0 N–H and O–H groups in total. The van der Waals surface area contributed by atoms with E-state index in [1.165, 1.54) is 36.8 Å². The van der Waals surface area contributed by atoms with Gasteiger partial charge >= 0.3 is 0 Å². The van der Waals surface area contributed by atoms with Gasteiger partial charge in [0, 0.05) is 40.5 Å². The Hall–Kier alpha value is -3.56. The second-order valence-electron chi connectivity index (χ2n) is 7.73. The molecule has 0 amide bonds. The Morgan fingerprint density at radius 2 is 1.76 bits per heavy atom. The van der Waals surface area contributed by atoms with E-state index >= 15 is 0 Å². The van der Waals surface area contributed by atoms with Crippen LogP contribution in [0.25, 0.3) is 33.3 Å². The topological polar surface area (TPSA) is 61.2 Å². The maximum Gasteiger partial charge on any atom is 0.269 e. The molecule has 0 fully saturated rings. The average Bonchev–Trinajstić information content (AvgIpc) is 3.47. The van der Waals surface area contributed by atoms with E-state index in [1.54, 1.807) is 24.4 Å². The van der Waals surface area contributed by atoms with E-state index in [1.807, 2.05) is 23.8 Å². The molecule has 5 rings (SSSR count). The third-order valence-electron chi connectivity index (χ3n) is 5.55. The number of pyridine rings is 1. The maximum atomic E-state index is 14.5. The largest absolute Gasteiger partial charge is 0.493 e. The van der Waals surface area contributed by atoms with Gasteiger partial charge in [0.15, 0.2) is 17.2 Å². The van der Waals surface area contributed by atoms with Crippen LogP contribution in [-0.2, 0) is 10.0 Å². The van der Waals surface area contributed by atoms with Crippen LogP contribution in [0.5, 0.6) is 5.75 Å². The monoisotopic (exact) mass is 496 g/mol. The zero-order chi connectivity index (χ0) is 24.0. The highest BCUT2D eigenvalue weighted by atomic mass is 32.2. The molecule has 0 aliphatic carbocycles. The lowest BCUT2D eigenvalue weighted by molar-refractivity contribution is 0.386. The van der Waals surface area contributed by atoms with Crippen LogP contribution in [0, 0.1) is 18.6 Å². The Kier molecular flexibility index (Phi) is 5.45. The fourth-order valence-electron chi connectivity index (χ4n) is 3.86. The molecular formula is C25H18F2N2O3S2. The number of aryl methyl sites for hydroxylation is 1. The molecule has 172 valence electrons. The lowest BCUT2D eigenvalue weighted by Crippen LogP contribution is -2.12. The first-order valence-electron chi connectivity index (χ1n) is 10.2. The third kappa shape index (κ3) is 3.66. The van der Waals surface area contributed by atoms with Gasteiger partial charge in [-0.25, -0.2) is 26.2 Å². The molecule has 3 heterocycles. The summed E-state index contributed by atoms with van der Waals surface area (Å²) in [6, 6.07) is 11.9. The smallest absolute Gasteiger partial charge is 0.269 e. The number of rotatable bonds is 5. The molecule has 0 atom stereocenters. The average molecular weight is 497 g/mol. The van der Waals surface area contributed by atoms with Gasteiger partial charge in [0.2, 0.25) is 0 Å². The van der Waals surface area contributed by atoms with Gasteiger partial charge in [-0.2, -0.15) is 11.3 Å². The highest BCUT2D eigenvalue weighted by Crippen LogP contribution is 2.40. The maximum absolute atomic E-state index is 14.5. The molecule has 5 aromatic rings. The van der Waals surface area contributed by atoms with Crippen molar-refractivity contribution < 1.29 is 21.9 Å². The lowest BCUT2D eigenvalue weighted by atomic mass is 10.0. The summed E-state index contributed by atoms with van der Waals surface area (Å²) in [5.74, 6) is -1.88. The molecule has 0 bridgehead atoms. The molecule has 0 saturated carbocycles. The number of aromatic nitrogens is 2. The molecule has 0 saturated heterocycles. The van der Waals surface area contributed by atoms with E-state index in [0.29, 0.717) is 5.39 Å². The second-order valence-corrected chi connectivity index (χ2v) is 10.3. The van der Waals surface area contributed by atoms with Crippen molar-refractivity contribution in [3.8, 4) is 28.0 Å². The van der Waals surface area contributed by atoms with Crippen molar-refractivity contribution in [3.05, 3.63) is 88.9 Å². The van der Waals surface area contributed by atoms with Crippen molar-refractivity contribution in [1.82, 2.24) is 8.96 Å². The van der Waals surface area contributed by atoms with E-state index in [-0.39, 0.29) is 27.4 Å². The first-order chi connectivity index (χ1) is 16.3. The molecule has 0 unspecified atom stereocenters. The van der Waals surface area contributed by atoms with Crippen LogP contribution in [0.3, 0.4) is 0 Å². The Balaban J connectivity index is 1.84. The van der Waals surface area contributed by atoms with E-state index in [2.05, 4.69) is 4.98 Å². The van der Waals surface area contributed by atoms with Gasteiger partial charge in [-0.15, -0.1) is 0 Å². The first kappa shape index (κ1) is 22.2. The van der Waals surface area contributed by atoms with Crippen LogP contribution in [0.1, 0.15) is 5.56 Å². The Bertz CT molecular complexity index is 1630. The van der Waals surface area contributed by atoms with Gasteiger partial charge in [-0.3, -0.25) is 0 Å². The van der Waals surface area contributed by atoms with Gasteiger partial charge in [-0.1, -0.05) is 17.7 Å². The molecule has 34 heavy (non-hydrogen) atoms. The Labute approximate surface area is 198 Å². The van der Waals surface area contributed by atoms with Gasteiger partial charge < -0.3 is 4.74 Å². The molecule has 0 spiro atoms. The lowest BCUT2D eigenvalue weighted by Gasteiger charge is -2.09. The fourth-order valence-corrected chi connectivity index (χ4v) is 5.84. The summed E-state index contributed by atoms with van der Waals surface area (Å²) in [6.07, 6.45) is 2.92. The normalized spacial score (nSPS) is 11.8. The Morgan fingerprint density at radius 3 is 2.44 bits per heavy atom. The quantitative estimate of drug-likeness (QED) is 0.288. The minimum atomic E-state index is -4.05. The third-order valence-corrected chi connectivity index (χ3v) is 7.89. The summed E-state index contributed by atoms with van der Waals surface area (Å²) in [6.45, 7) is 1.86. The molecule has 2 aromatic carbocycles. The molecule has 9 heteroatoms. The van der Waals surface area contributed by atoms with Crippen molar-refractivity contribution in [3.63, 3.8) is 0 Å². The highest BCUT2D eigenvalue weighted by molar-refractivity contribution is 7.90. The molecule has 0 aliphatic heterocycles. The van der Waals surface area contributed by atoms with Crippen LogP contribution in [-0.4, -0.2) is 24.5 Å². The molecule has 0 aliphatic rings. The number of methoxy groups -OCH3 is 1. The van der Waals surface area contributed by atoms with Gasteiger partial charge in [0.05, 0.1) is 12.0 Å². The fraction of sp³-hybridized carbons (Fsp3) is 0.0800. The van der Waals surface area contributed by atoms with Crippen LogP contribution in [0.4, 0.5) is 8.78 Å². The van der Waals surface area contributed by atoms with Gasteiger partial charge in [-0.05, 0) is 53.6 Å². The number of hydrogen-bond donors (Lipinski definition) is 0. The summed E-state index contributed by atoms with van der Waals surface area (Å²) in [7, 11) is -2.77. The van der Waals surface area contributed by atoms with Gasteiger partial charge in [0.1, 0.15) is 5.82 Å². The summed E-state index contributed by atoms with van der Waals surface area (Å²) in [4.78, 5) is 4.52. The summed E-state index contributed by atoms with van der Waals surface area (Å²) < 4.78 is 62.1. The van der Waals surface area contributed by atoms with E-state index < -0.39 is 21.7 Å². The molecular weight excluding hydrogens is 478 g/mol. The number of hydrogen-bond acceptors (Lipinski definition) is 5. The van der Waals surface area contributed by atoms with Crippen LogP contribution < -0.4 is 4.74 Å². The number of thiophene rings is 1. The first-order valence-corrected chi connectivity index (χ1v) is 12.6. The predicted molar refractivity (Wildman–Crippen MR) is 129 cm³/mol. The van der Waals surface area contributed by atoms with Crippen LogP contribution in [0.2, 0.25) is 0 Å². The number of fused-ring (bicyclic) bond motifs is 1. The van der Waals surface area contributed by atoms with Crippen molar-refractivity contribution >= 4 is 32.4 Å². The van der Waals surface area contributed by atoms with E-state index in [0.717, 1.165) is 32.8 Å². The molecule has 3 aromatic heterocycles. The zero-order valence-corrected chi connectivity index (χ0v) is 19.8. The number of halogens is 2. The number of ether oxygens (including phenoxy) is 1. The van der Waals surface area contributed by atoms with E-state index in [9.17, 15) is 17.2 Å². The summed E-state index contributed by atoms with van der Waals surface area (Å²) in [5, 5.41) is 4.27. The highest BCUT2D eigenvalue weighted by Gasteiger charge is 2.25. The molecule has 0 radical (unpaired) electrons. The second kappa shape index (κ2) is 8.34. The standard InChI is InChI=1S/C25H18F2N2O3S2/c1-15-3-5-19(6-4-15)34(30,31)29-13-22(20-10-18(26)11-23(27)24(20)32-2)21-9-17(12-28-25(21)29)16-7-8-33-14-16/h3-14H,1-2H3. The van der Waals surface area contributed by atoms with Crippen molar-refractivity contribution in [2.45, 2.75) is 11.8 Å². The summed E-state index contributed by atoms with van der Waals surface area (Å²) in [5.41, 5.74) is 3.07. The van der Waals surface area contributed by atoms with Crippen LogP contribution in [0.15, 0.2) is 76.6 Å². The van der Waals surface area contributed by atoms with Crippen molar-refractivity contribution in [1.29, 1.82) is 0 Å². The SMILES string of the molecule is COc1c(F)cc(F)cc1-c1cn(S(=O)(=O)c2ccc(C)cc2)c2ncc(-c3ccsc3)cc12. The zero-order valence-electron chi connectivity index (χ0n) is 18.1. The number of benzene rings is 2. The minimum Gasteiger partial charge on any atom is -0.493 e.